The van der Waals surface area contributed by atoms with Crippen molar-refractivity contribution in [2.75, 3.05) is 7.05 Å². The standard InChI is InChI=1S/C17H25NO2/c1-14(15-9-5-3-6-10-15)18(2)17(13-16(19)20)11-7-4-8-12-17/h3,5-6,9-10,14H,4,7-8,11-13H2,1-2H3,(H,19,20). The molecule has 0 aliphatic heterocycles. The number of hydrogen-bond acceptors (Lipinski definition) is 2. The summed E-state index contributed by atoms with van der Waals surface area (Å²) in [7, 11) is 2.09. The summed E-state index contributed by atoms with van der Waals surface area (Å²) < 4.78 is 0. The van der Waals surface area contributed by atoms with Crippen LogP contribution in [0.4, 0.5) is 0 Å². The molecule has 2 rings (SSSR count). The van der Waals surface area contributed by atoms with Gasteiger partial charge < -0.3 is 5.11 Å². The first-order valence-corrected chi connectivity index (χ1v) is 7.55. The Morgan fingerprint density at radius 1 is 1.25 bits per heavy atom. The van der Waals surface area contributed by atoms with E-state index >= 15 is 0 Å². The summed E-state index contributed by atoms with van der Waals surface area (Å²) in [5.41, 5.74) is 1.07. The van der Waals surface area contributed by atoms with Crippen LogP contribution in [0.5, 0.6) is 0 Å². The minimum absolute atomic E-state index is 0.181. The molecule has 1 N–H and O–H groups in total. The first-order valence-electron chi connectivity index (χ1n) is 7.55. The molecule has 1 aliphatic carbocycles. The van der Waals surface area contributed by atoms with E-state index in [9.17, 15) is 9.90 Å². The van der Waals surface area contributed by atoms with E-state index in [0.717, 1.165) is 25.7 Å². The predicted octanol–water partition coefficient (Wildman–Crippen LogP) is 3.86. The molecule has 0 heterocycles. The number of carbonyl (C=O) groups is 1. The van der Waals surface area contributed by atoms with Crippen LogP contribution in [-0.2, 0) is 4.79 Å². The molecule has 3 nitrogen and oxygen atoms in total. The van der Waals surface area contributed by atoms with Crippen LogP contribution >= 0.6 is 0 Å². The van der Waals surface area contributed by atoms with Gasteiger partial charge in [-0.25, -0.2) is 0 Å². The highest BCUT2D eigenvalue weighted by Gasteiger charge is 2.40. The molecule has 1 unspecified atom stereocenters. The molecule has 110 valence electrons. The van der Waals surface area contributed by atoms with Crippen molar-refractivity contribution in [1.82, 2.24) is 4.90 Å². The van der Waals surface area contributed by atoms with Gasteiger partial charge in [0.1, 0.15) is 0 Å². The van der Waals surface area contributed by atoms with Gasteiger partial charge in [-0.15, -0.1) is 0 Å². The lowest BCUT2D eigenvalue weighted by atomic mass is 9.77. The second-order valence-electron chi connectivity index (χ2n) is 6.05. The molecular weight excluding hydrogens is 250 g/mol. The minimum Gasteiger partial charge on any atom is -0.481 e. The molecule has 0 saturated heterocycles. The highest BCUT2D eigenvalue weighted by atomic mass is 16.4. The van der Waals surface area contributed by atoms with Crippen LogP contribution < -0.4 is 0 Å². The Labute approximate surface area is 121 Å². The fourth-order valence-corrected chi connectivity index (χ4v) is 3.51. The lowest BCUT2D eigenvalue weighted by molar-refractivity contribution is -0.141. The first-order chi connectivity index (χ1) is 9.55. The number of hydrogen-bond donors (Lipinski definition) is 1. The van der Waals surface area contributed by atoms with Gasteiger partial charge in [0.05, 0.1) is 6.42 Å². The van der Waals surface area contributed by atoms with E-state index in [2.05, 4.69) is 31.0 Å². The second kappa shape index (κ2) is 6.40. The van der Waals surface area contributed by atoms with Gasteiger partial charge in [-0.3, -0.25) is 9.69 Å². The van der Waals surface area contributed by atoms with Crippen molar-refractivity contribution < 1.29 is 9.90 Å². The van der Waals surface area contributed by atoms with Crippen molar-refractivity contribution in [3.63, 3.8) is 0 Å². The average Bonchev–Trinajstić information content (AvgIpc) is 2.47. The van der Waals surface area contributed by atoms with Crippen molar-refractivity contribution in [2.24, 2.45) is 0 Å². The molecule has 1 fully saturated rings. The number of carboxylic acids is 1. The second-order valence-corrected chi connectivity index (χ2v) is 6.05. The maximum absolute atomic E-state index is 11.3. The Balaban J connectivity index is 2.21. The van der Waals surface area contributed by atoms with Crippen LogP contribution in [0.15, 0.2) is 30.3 Å². The molecule has 1 saturated carbocycles. The Hall–Kier alpha value is -1.35. The lowest BCUT2D eigenvalue weighted by Crippen LogP contribution is -2.50. The third-order valence-electron chi connectivity index (χ3n) is 4.88. The largest absolute Gasteiger partial charge is 0.481 e. The zero-order valence-corrected chi connectivity index (χ0v) is 12.5. The number of nitrogens with zero attached hydrogens (tertiary/aromatic N) is 1. The molecule has 1 aliphatic rings. The Morgan fingerprint density at radius 3 is 2.40 bits per heavy atom. The summed E-state index contributed by atoms with van der Waals surface area (Å²) in [5, 5.41) is 9.31. The smallest absolute Gasteiger partial charge is 0.305 e. The Bertz CT molecular complexity index is 438. The van der Waals surface area contributed by atoms with E-state index in [1.54, 1.807) is 0 Å². The molecule has 1 aromatic carbocycles. The SMILES string of the molecule is CC(c1ccccc1)N(C)C1(CC(=O)O)CCCCC1. The van der Waals surface area contributed by atoms with E-state index < -0.39 is 5.97 Å². The first kappa shape index (κ1) is 15.0. The molecule has 1 aromatic rings. The molecule has 0 aromatic heterocycles. The molecule has 0 spiro atoms. The van der Waals surface area contributed by atoms with Gasteiger partial charge in [0.15, 0.2) is 0 Å². The van der Waals surface area contributed by atoms with Gasteiger partial charge in [-0.1, -0.05) is 49.6 Å². The van der Waals surface area contributed by atoms with Gasteiger partial charge in [0.2, 0.25) is 0 Å². The summed E-state index contributed by atoms with van der Waals surface area (Å²) in [6, 6.07) is 10.6. The zero-order valence-electron chi connectivity index (χ0n) is 12.5. The summed E-state index contributed by atoms with van der Waals surface area (Å²) in [5.74, 6) is -0.681. The lowest BCUT2D eigenvalue weighted by Gasteiger charge is -2.47. The third kappa shape index (κ3) is 3.21. The number of carboxylic acid groups (broad SMARTS) is 1. The molecule has 1 atom stereocenters. The molecule has 0 bridgehead atoms. The number of benzene rings is 1. The molecule has 0 amide bonds. The quantitative estimate of drug-likeness (QED) is 0.887. The van der Waals surface area contributed by atoms with Gasteiger partial charge in [-0.2, -0.15) is 0 Å². The molecule has 3 heteroatoms. The van der Waals surface area contributed by atoms with Crippen LogP contribution in [0.3, 0.4) is 0 Å². The topological polar surface area (TPSA) is 40.5 Å². The molecular formula is C17H25NO2. The summed E-state index contributed by atoms with van der Waals surface area (Å²) >= 11 is 0. The maximum Gasteiger partial charge on any atom is 0.305 e. The monoisotopic (exact) mass is 275 g/mol. The van der Waals surface area contributed by atoms with Crippen LogP contribution in [0.25, 0.3) is 0 Å². The van der Waals surface area contributed by atoms with Gasteiger partial charge in [0, 0.05) is 11.6 Å². The fourth-order valence-electron chi connectivity index (χ4n) is 3.51. The Kier molecular flexibility index (Phi) is 4.81. The van der Waals surface area contributed by atoms with Crippen molar-refractivity contribution >= 4 is 5.97 Å². The van der Waals surface area contributed by atoms with E-state index in [4.69, 9.17) is 0 Å². The van der Waals surface area contributed by atoms with Crippen molar-refractivity contribution in [2.45, 2.75) is 57.0 Å². The van der Waals surface area contributed by atoms with Gasteiger partial charge in [-0.05, 0) is 32.4 Å². The highest BCUT2D eigenvalue weighted by Crippen LogP contribution is 2.40. The summed E-state index contributed by atoms with van der Waals surface area (Å²) in [6.07, 6.45) is 5.74. The highest BCUT2D eigenvalue weighted by molar-refractivity contribution is 5.68. The van der Waals surface area contributed by atoms with E-state index in [0.29, 0.717) is 0 Å². The van der Waals surface area contributed by atoms with E-state index in [1.165, 1.54) is 12.0 Å². The average molecular weight is 275 g/mol. The maximum atomic E-state index is 11.3. The molecule has 20 heavy (non-hydrogen) atoms. The summed E-state index contributed by atoms with van der Waals surface area (Å²) in [6.45, 7) is 2.17. The summed E-state index contributed by atoms with van der Waals surface area (Å²) in [4.78, 5) is 13.6. The molecule has 0 radical (unpaired) electrons. The normalized spacial score (nSPS) is 19.8. The third-order valence-corrected chi connectivity index (χ3v) is 4.88. The minimum atomic E-state index is -0.681. The van der Waals surface area contributed by atoms with Crippen molar-refractivity contribution in [1.29, 1.82) is 0 Å². The van der Waals surface area contributed by atoms with Crippen molar-refractivity contribution in [3.05, 3.63) is 35.9 Å². The number of aliphatic carboxylic acids is 1. The predicted molar refractivity (Wildman–Crippen MR) is 80.7 cm³/mol. The van der Waals surface area contributed by atoms with E-state index in [1.807, 2.05) is 18.2 Å². The fraction of sp³-hybridized carbons (Fsp3) is 0.588. The van der Waals surface area contributed by atoms with Crippen molar-refractivity contribution in [3.8, 4) is 0 Å². The van der Waals surface area contributed by atoms with Crippen LogP contribution in [-0.4, -0.2) is 28.6 Å². The van der Waals surface area contributed by atoms with E-state index in [-0.39, 0.29) is 18.0 Å². The zero-order chi connectivity index (χ0) is 14.6. The van der Waals surface area contributed by atoms with Crippen LogP contribution in [0.1, 0.15) is 57.1 Å². The Morgan fingerprint density at radius 2 is 1.85 bits per heavy atom. The number of rotatable bonds is 5. The van der Waals surface area contributed by atoms with Crippen LogP contribution in [0, 0.1) is 0 Å². The van der Waals surface area contributed by atoms with Gasteiger partial charge in [0.25, 0.3) is 0 Å². The van der Waals surface area contributed by atoms with Gasteiger partial charge >= 0.3 is 5.97 Å². The van der Waals surface area contributed by atoms with Crippen LogP contribution in [0.2, 0.25) is 0 Å².